The number of amides is 2. The number of aryl methyl sites for hydroxylation is 3. The number of rotatable bonds is 13. The molecule has 0 spiro atoms. The van der Waals surface area contributed by atoms with Crippen molar-refractivity contribution in [1.82, 2.24) is 64.7 Å². The van der Waals surface area contributed by atoms with Gasteiger partial charge in [-0.05, 0) is 90.0 Å². The molecule has 0 aliphatic heterocycles. The van der Waals surface area contributed by atoms with Gasteiger partial charge in [0.25, 0.3) is 23.5 Å². The summed E-state index contributed by atoms with van der Waals surface area (Å²) in [5.74, 6) is -0.983. The Morgan fingerprint density at radius 3 is 2.26 bits per heavy atom. The quantitative estimate of drug-likeness (QED) is 0.0495. The summed E-state index contributed by atoms with van der Waals surface area (Å²) in [7, 11) is 1.82. The van der Waals surface area contributed by atoms with E-state index in [-0.39, 0.29) is 58.7 Å². The van der Waals surface area contributed by atoms with Gasteiger partial charge in [-0.1, -0.05) is 5.10 Å². The average Bonchev–Trinajstić information content (AvgIpc) is 4.07. The van der Waals surface area contributed by atoms with Crippen LogP contribution < -0.4 is 30.7 Å². The number of imidazole rings is 1. The van der Waals surface area contributed by atoms with Crippen LogP contribution in [0.4, 0.5) is 54.9 Å². The lowest BCUT2D eigenvalue weighted by Crippen LogP contribution is -2.68. The van der Waals surface area contributed by atoms with Crippen LogP contribution in [0.25, 0.3) is 28.2 Å². The molecule has 7 heterocycles. The number of aromatic nitrogens is 12. The molecule has 13 rings (SSSR count). The van der Waals surface area contributed by atoms with Gasteiger partial charge in [-0.25, -0.2) is 43.7 Å². The number of hydrogen-bond acceptors (Lipinski definition) is 13. The van der Waals surface area contributed by atoms with Crippen molar-refractivity contribution in [3.63, 3.8) is 0 Å². The van der Waals surface area contributed by atoms with Gasteiger partial charge in [0.15, 0.2) is 22.8 Å². The van der Waals surface area contributed by atoms with Crippen LogP contribution in [0.5, 0.6) is 5.88 Å². The molecule has 72 heavy (non-hydrogen) atoms. The van der Waals surface area contributed by atoms with Gasteiger partial charge >= 0.3 is 18.5 Å². The molecule has 0 radical (unpaired) electrons. The van der Waals surface area contributed by atoms with E-state index >= 15 is 8.78 Å². The highest BCUT2D eigenvalue weighted by Gasteiger charge is 2.58. The van der Waals surface area contributed by atoms with Gasteiger partial charge in [0.1, 0.15) is 30.7 Å². The maximum Gasteiger partial charge on any atom is 0.574 e. The molecular weight excluding hydrogens is 952 g/mol. The minimum absolute atomic E-state index is 0.00526. The van der Waals surface area contributed by atoms with E-state index in [2.05, 4.69) is 61.5 Å². The van der Waals surface area contributed by atoms with Crippen LogP contribution in [0.15, 0.2) is 43.0 Å². The number of fused-ring (bicyclic) bond motifs is 2. The fourth-order valence-electron chi connectivity index (χ4n) is 10.9. The molecule has 0 saturated heterocycles. The first-order chi connectivity index (χ1) is 34.4. The number of hydrogen-bond donors (Lipinski definition) is 6. The number of anilines is 4. The highest BCUT2D eigenvalue weighted by molar-refractivity contribution is 5.81. The van der Waals surface area contributed by atoms with Crippen molar-refractivity contribution in [3.8, 4) is 23.0 Å². The van der Waals surface area contributed by atoms with E-state index in [1.54, 1.807) is 39.8 Å². The van der Waals surface area contributed by atoms with Crippen molar-refractivity contribution >= 4 is 46.8 Å². The van der Waals surface area contributed by atoms with E-state index in [9.17, 15) is 22.8 Å². The number of nitrogens with one attached hydrogen (secondary N) is 6. The summed E-state index contributed by atoms with van der Waals surface area (Å²) in [5.41, 5.74) is 3.75. The predicted molar refractivity (Wildman–Crippen MR) is 244 cm³/mol. The predicted octanol–water partition coefficient (Wildman–Crippen LogP) is 7.23. The first-order valence-electron chi connectivity index (χ1n) is 23.9. The Morgan fingerprint density at radius 1 is 0.903 bits per heavy atom. The van der Waals surface area contributed by atoms with Crippen molar-refractivity contribution in [3.05, 3.63) is 65.6 Å². The molecule has 26 heteroatoms. The molecule has 6 aliphatic carbocycles. The normalized spacial score (nSPS) is 26.0. The number of carbonyl (C=O) groups excluding carboxylic acids is 2. The van der Waals surface area contributed by atoms with Crippen LogP contribution >= 0.6 is 0 Å². The van der Waals surface area contributed by atoms with Gasteiger partial charge in [0.2, 0.25) is 0 Å². The number of alkyl halides is 5. The van der Waals surface area contributed by atoms with Crippen molar-refractivity contribution < 1.29 is 50.4 Å². The largest absolute Gasteiger partial charge is 0.574 e. The summed E-state index contributed by atoms with van der Waals surface area (Å²) in [4.78, 5) is 39.6. The molecule has 6 N–H and O–H groups in total. The van der Waals surface area contributed by atoms with Gasteiger partial charge in [-0.3, -0.25) is 14.2 Å². The maximum atomic E-state index is 16.5. The average molecular weight is 1000 g/mol. The number of nitrogens with zero attached hydrogens (tertiary/aromatic N) is 10. The SMILES string of the molecule is Cc1cnn(C)c1-c1c(C)nc(Nc2cc([C@@H]3CC[C@H](OC(=O)NC4(C)CC4)[C@@H]3F)[nH][n+]2-c2cnc(Nc3cc([C@@H]4CC[C@H](OC(=O)NC56CC(C5)C6)[C@@H]4F)[nH]n3)c3cc(OC(F)(F)F)nn23)n2ccnc12. The van der Waals surface area contributed by atoms with E-state index in [0.717, 1.165) is 59.5 Å². The van der Waals surface area contributed by atoms with E-state index in [1.165, 1.54) is 10.9 Å². The monoisotopic (exact) mass is 1000 g/mol. The summed E-state index contributed by atoms with van der Waals surface area (Å²) in [6.45, 7) is 5.64. The number of H-pyrrole nitrogens is 2. The zero-order valence-corrected chi connectivity index (χ0v) is 39.4. The first-order valence-corrected chi connectivity index (χ1v) is 23.9. The lowest BCUT2D eigenvalue weighted by molar-refractivity contribution is -0.646. The Morgan fingerprint density at radius 2 is 1.61 bits per heavy atom. The highest BCUT2D eigenvalue weighted by atomic mass is 19.4. The molecular formula is C46H50F5N16O5+. The molecule has 6 aliphatic rings. The molecule has 6 atom stereocenters. The van der Waals surface area contributed by atoms with Gasteiger partial charge in [-0.15, -0.1) is 22.4 Å². The minimum atomic E-state index is -5.12. The maximum absolute atomic E-state index is 16.5. The molecule has 0 aromatic carbocycles. The summed E-state index contributed by atoms with van der Waals surface area (Å²) in [6, 6.07) is 4.23. The van der Waals surface area contributed by atoms with Crippen LogP contribution in [-0.4, -0.2) is 108 Å². The van der Waals surface area contributed by atoms with Crippen LogP contribution in [-0.2, 0) is 16.5 Å². The van der Waals surface area contributed by atoms with Crippen molar-refractivity contribution in [1.29, 1.82) is 0 Å². The van der Waals surface area contributed by atoms with E-state index in [1.807, 2.05) is 27.8 Å². The zero-order valence-electron chi connectivity index (χ0n) is 39.4. The van der Waals surface area contributed by atoms with E-state index < -0.39 is 60.8 Å². The van der Waals surface area contributed by atoms with Crippen molar-refractivity contribution in [2.45, 2.75) is 132 Å². The van der Waals surface area contributed by atoms with Crippen molar-refractivity contribution in [2.75, 3.05) is 10.6 Å². The Balaban J connectivity index is 0.879. The second-order valence-electron chi connectivity index (χ2n) is 20.2. The zero-order chi connectivity index (χ0) is 50.0. The molecule has 2 amide bonds. The molecule has 7 aromatic heterocycles. The fourth-order valence-corrected chi connectivity index (χ4v) is 10.9. The van der Waals surface area contributed by atoms with Gasteiger partial charge < -0.3 is 30.2 Å². The van der Waals surface area contributed by atoms with Crippen LogP contribution in [0.1, 0.15) is 99.2 Å². The van der Waals surface area contributed by atoms with Crippen molar-refractivity contribution in [2.24, 2.45) is 13.0 Å². The van der Waals surface area contributed by atoms with Gasteiger partial charge in [0.05, 0.1) is 28.8 Å². The molecule has 6 fully saturated rings. The van der Waals surface area contributed by atoms with Gasteiger partial charge in [-0.2, -0.15) is 10.2 Å². The topological polar surface area (TPSA) is 236 Å². The molecule has 21 nitrogen and oxygen atoms in total. The third-order valence-electron chi connectivity index (χ3n) is 15.0. The number of halogens is 5. The Kier molecular flexibility index (Phi) is 10.5. The molecule has 2 bridgehead atoms. The second kappa shape index (κ2) is 16.5. The van der Waals surface area contributed by atoms with Crippen LogP contribution in [0.2, 0.25) is 0 Å². The van der Waals surface area contributed by atoms with Crippen LogP contribution in [0, 0.1) is 19.8 Å². The van der Waals surface area contributed by atoms with Gasteiger partial charge in [0, 0.05) is 66.2 Å². The first kappa shape index (κ1) is 45.6. The van der Waals surface area contributed by atoms with E-state index in [4.69, 9.17) is 14.5 Å². The Hall–Kier alpha value is -7.54. The smallest absolute Gasteiger partial charge is 0.443 e. The summed E-state index contributed by atoms with van der Waals surface area (Å²) in [6.07, 6.45) is 0.263. The number of carbonyl (C=O) groups is 2. The molecule has 0 unspecified atom stereocenters. The molecule has 6 saturated carbocycles. The highest BCUT2D eigenvalue weighted by Crippen LogP contribution is 2.57. The standard InChI is InChI=1S/C46H49F5N16O5/c1-21-19-54-64(4)38(21)35-22(2)55-41(65-12-11-52-40(35)65)57-32-14-27(25-6-8-30(37(25)48)70-42(68)58-44(3)9-10-44)62-67(32)34-20-53-39(28-15-33(63-66(28)34)72-46(49,50)51)56-31-13-26(60-61-31)24-5-7-29(36(24)47)71-43(69)59-45-16-23(17-45)18-45/h11-15,19-20,23-25,29-30,36-37H,5-10,16-18H2,1-4H3,(H5,52,53,54,55,56,57,58,59,60,61,62,63,68,69)/p+1/t23?,24-,25-,29-,30-,36+,37+,45?/m0/s1. The Labute approximate surface area is 405 Å². The third kappa shape index (κ3) is 8.12. The number of aromatic amines is 2. The third-order valence-corrected chi connectivity index (χ3v) is 15.0. The lowest BCUT2D eigenvalue weighted by Gasteiger charge is -2.61. The lowest BCUT2D eigenvalue weighted by atomic mass is 9.50. The Bertz CT molecular complexity index is 3250. The summed E-state index contributed by atoms with van der Waals surface area (Å²) in [5, 5.41) is 31.1. The summed E-state index contributed by atoms with van der Waals surface area (Å²) < 4.78 is 95.3. The minimum Gasteiger partial charge on any atom is -0.443 e. The number of ether oxygens (including phenoxy) is 3. The molecule has 7 aromatic rings. The summed E-state index contributed by atoms with van der Waals surface area (Å²) >= 11 is 0. The molecule has 378 valence electrons. The van der Waals surface area contributed by atoms with Crippen LogP contribution in [0.3, 0.4) is 0 Å². The fraction of sp³-hybridized carbons (Fsp3) is 0.500. The second-order valence-corrected chi connectivity index (χ2v) is 20.2. The number of alkyl carbamates (subject to hydrolysis) is 2. The van der Waals surface area contributed by atoms with E-state index in [0.29, 0.717) is 41.5 Å².